The molecule has 2 aromatic rings. The van der Waals surface area contributed by atoms with Crippen LogP contribution in [0.4, 0.5) is 0 Å². The van der Waals surface area contributed by atoms with E-state index >= 15 is 0 Å². The Morgan fingerprint density at radius 3 is 2.08 bits per heavy atom. The summed E-state index contributed by atoms with van der Waals surface area (Å²) >= 11 is 8.29. The molecule has 2 rings (SSSR count). The first-order chi connectivity index (χ1) is 18.0. The Balaban J connectivity index is 2.19. The van der Waals surface area contributed by atoms with Crippen LogP contribution in [0, 0.1) is 29.6 Å². The summed E-state index contributed by atoms with van der Waals surface area (Å²) in [6, 6.07) is 18.8. The zero-order valence-electron chi connectivity index (χ0n) is 22.0. The van der Waals surface area contributed by atoms with Gasteiger partial charge in [0.2, 0.25) is 0 Å². The van der Waals surface area contributed by atoms with E-state index in [0.717, 1.165) is 30.2 Å². The third-order valence-electron chi connectivity index (χ3n) is 6.75. The lowest BCUT2D eigenvalue weighted by Gasteiger charge is -2.35. The van der Waals surface area contributed by atoms with Crippen LogP contribution in [-0.4, -0.2) is 30.0 Å². The second-order valence-corrected chi connectivity index (χ2v) is 10.7. The molecule has 0 radical (unpaired) electrons. The number of hydrogen-bond donors (Lipinski definition) is 1. The molecule has 0 saturated heterocycles. The lowest BCUT2D eigenvalue weighted by Crippen LogP contribution is -2.48. The second kappa shape index (κ2) is 16.5. The van der Waals surface area contributed by atoms with Crippen molar-refractivity contribution in [2.24, 2.45) is 0 Å². The lowest BCUT2D eigenvalue weighted by molar-refractivity contribution is -0.181. The summed E-state index contributed by atoms with van der Waals surface area (Å²) in [5.41, 5.74) is 0.798. The molecule has 0 spiro atoms. The summed E-state index contributed by atoms with van der Waals surface area (Å²) in [6.07, 6.45) is 10.4. The molecule has 0 aromatic heterocycles. The van der Waals surface area contributed by atoms with Crippen molar-refractivity contribution in [3.8, 4) is 12.1 Å². The molecule has 198 valence electrons. The Hall–Kier alpha value is -2.32. The number of aryl methyl sites for hydroxylation is 1. The number of rotatable bonds is 16. The van der Waals surface area contributed by atoms with Gasteiger partial charge in [-0.2, -0.15) is 23.2 Å². The molecule has 1 amide bonds. The molecule has 5 nitrogen and oxygen atoms in total. The highest BCUT2D eigenvalue weighted by Crippen LogP contribution is 2.44. The first-order valence-corrected chi connectivity index (χ1v) is 14.7. The van der Waals surface area contributed by atoms with Crippen LogP contribution in [-0.2, 0) is 15.0 Å². The van der Waals surface area contributed by atoms with E-state index in [-0.39, 0.29) is 0 Å². The van der Waals surface area contributed by atoms with Gasteiger partial charge in [0.05, 0.1) is 30.1 Å². The number of halogens is 1. The fourth-order valence-electron chi connectivity index (χ4n) is 4.52. The molecule has 0 aliphatic rings. The van der Waals surface area contributed by atoms with Gasteiger partial charge in [0.15, 0.2) is 5.41 Å². The molecule has 37 heavy (non-hydrogen) atoms. The number of amides is 1. The first-order valence-electron chi connectivity index (χ1n) is 13.0. The summed E-state index contributed by atoms with van der Waals surface area (Å²) in [7, 11) is 1.46. The molecule has 2 atom stereocenters. The van der Waals surface area contributed by atoms with Crippen molar-refractivity contribution in [1.29, 1.82) is 10.5 Å². The number of unbranched alkanes of at least 4 members (excludes halogenated alkanes) is 8. The maximum absolute atomic E-state index is 14.1. The highest BCUT2D eigenvalue weighted by atomic mass is 79.9. The van der Waals surface area contributed by atoms with Gasteiger partial charge < -0.3 is 0 Å². The maximum Gasteiger partial charge on any atom is 0.272 e. The molecule has 2 aromatic carbocycles. The van der Waals surface area contributed by atoms with Crippen molar-refractivity contribution in [3.05, 3.63) is 70.8 Å². The van der Waals surface area contributed by atoms with Gasteiger partial charge in [0.1, 0.15) is 0 Å². The van der Waals surface area contributed by atoms with Crippen LogP contribution in [0.25, 0.3) is 0 Å². The molecule has 7 heteroatoms. The number of nitriles is 2. The predicted molar refractivity (Wildman–Crippen MR) is 155 cm³/mol. The topological polar surface area (TPSA) is 77.1 Å². The van der Waals surface area contributed by atoms with E-state index in [2.05, 4.69) is 28.1 Å². The largest absolute Gasteiger partial charge is 0.274 e. The van der Waals surface area contributed by atoms with Crippen LogP contribution >= 0.6 is 28.6 Å². The van der Waals surface area contributed by atoms with Gasteiger partial charge >= 0.3 is 0 Å². The van der Waals surface area contributed by atoms with Gasteiger partial charge in [-0.05, 0) is 37.0 Å². The zero-order chi connectivity index (χ0) is 27.1. The highest BCUT2D eigenvalue weighted by Gasteiger charge is 2.50. The molecule has 0 fully saturated rings. The standard InChI is InChI=1S/C30H38BrN3O2S/c1-24-16-18-26(19-17-24)30(23-33,28(37)27-15-11-10-14-25(27)22-32)29(35)34(36-2)21-13-9-7-5-3-4-6-8-12-20-31/h10-11,14-19,28,37H,3-9,12-13,20-21H2,1-2H3. The number of hydrogen-bond acceptors (Lipinski definition) is 5. The van der Waals surface area contributed by atoms with Crippen molar-refractivity contribution < 1.29 is 9.63 Å². The highest BCUT2D eigenvalue weighted by molar-refractivity contribution is 9.09. The van der Waals surface area contributed by atoms with E-state index in [1.807, 2.05) is 19.1 Å². The Kier molecular flexibility index (Phi) is 13.8. The van der Waals surface area contributed by atoms with Crippen molar-refractivity contribution in [2.75, 3.05) is 19.0 Å². The Bertz CT molecular complexity index is 1060. The summed E-state index contributed by atoms with van der Waals surface area (Å²) in [5.74, 6) is -0.471. The fraction of sp³-hybridized carbons (Fsp3) is 0.500. The SMILES string of the molecule is CON(CCCCCCCCCCCBr)C(=O)C(C#N)(c1ccc(C)cc1)C(S)c1ccccc1C#N. The lowest BCUT2D eigenvalue weighted by atomic mass is 9.74. The van der Waals surface area contributed by atoms with Gasteiger partial charge in [0, 0.05) is 11.9 Å². The van der Waals surface area contributed by atoms with Crippen LogP contribution < -0.4 is 0 Å². The zero-order valence-corrected chi connectivity index (χ0v) is 24.4. The summed E-state index contributed by atoms with van der Waals surface area (Å²) in [4.78, 5) is 19.6. The second-order valence-electron chi connectivity index (χ2n) is 9.35. The quantitative estimate of drug-likeness (QED) is 0.0955. The summed E-state index contributed by atoms with van der Waals surface area (Å²) in [5, 5.41) is 21.7. The normalized spacial score (nSPS) is 13.2. The summed E-state index contributed by atoms with van der Waals surface area (Å²) in [6.45, 7) is 2.34. The van der Waals surface area contributed by atoms with Crippen LogP contribution in [0.5, 0.6) is 0 Å². The van der Waals surface area contributed by atoms with Gasteiger partial charge in [-0.3, -0.25) is 9.63 Å². The predicted octanol–water partition coefficient (Wildman–Crippen LogP) is 7.59. The molecule has 0 N–H and O–H groups in total. The van der Waals surface area contributed by atoms with Crippen molar-refractivity contribution in [3.63, 3.8) is 0 Å². The number of alkyl halides is 1. The number of carbonyl (C=O) groups is 1. The summed E-state index contributed by atoms with van der Waals surface area (Å²) < 4.78 is 0. The van der Waals surface area contributed by atoms with Gasteiger partial charge in [-0.1, -0.05) is 109 Å². The molecule has 0 aliphatic heterocycles. The average molecular weight is 585 g/mol. The van der Waals surface area contributed by atoms with Crippen molar-refractivity contribution >= 4 is 34.5 Å². The minimum absolute atomic E-state index is 0.385. The molecule has 0 bridgehead atoms. The van der Waals surface area contributed by atoms with Crippen LogP contribution in [0.1, 0.15) is 85.3 Å². The molecule has 0 aliphatic carbocycles. The van der Waals surface area contributed by atoms with E-state index in [1.54, 1.807) is 36.4 Å². The number of carbonyl (C=O) groups excluding carboxylic acids is 1. The van der Waals surface area contributed by atoms with Crippen LogP contribution in [0.3, 0.4) is 0 Å². The molecule has 2 unspecified atom stereocenters. The average Bonchev–Trinajstić information content (AvgIpc) is 2.93. The monoisotopic (exact) mass is 583 g/mol. The minimum Gasteiger partial charge on any atom is -0.274 e. The third kappa shape index (κ3) is 8.34. The van der Waals surface area contributed by atoms with Gasteiger partial charge in [0.25, 0.3) is 5.91 Å². The Morgan fingerprint density at radius 2 is 1.54 bits per heavy atom. The molecule has 0 heterocycles. The van der Waals surface area contributed by atoms with Crippen LogP contribution in [0.15, 0.2) is 48.5 Å². The van der Waals surface area contributed by atoms with Crippen LogP contribution in [0.2, 0.25) is 0 Å². The number of hydroxylamine groups is 2. The maximum atomic E-state index is 14.1. The number of thiol groups is 1. The van der Waals surface area contributed by atoms with Crippen molar-refractivity contribution in [1.82, 2.24) is 5.06 Å². The fourth-order valence-corrected chi connectivity index (χ4v) is 5.46. The Labute approximate surface area is 236 Å². The molecular formula is C30H38BrN3O2S. The van der Waals surface area contributed by atoms with E-state index < -0.39 is 16.6 Å². The number of benzene rings is 2. The van der Waals surface area contributed by atoms with E-state index in [0.29, 0.717) is 23.2 Å². The Morgan fingerprint density at radius 1 is 0.973 bits per heavy atom. The van der Waals surface area contributed by atoms with E-state index in [1.165, 1.54) is 50.7 Å². The third-order valence-corrected chi connectivity index (χ3v) is 7.97. The minimum atomic E-state index is -1.67. The molecule has 0 saturated carbocycles. The van der Waals surface area contributed by atoms with Crippen molar-refractivity contribution in [2.45, 2.75) is 75.4 Å². The first kappa shape index (κ1) is 30.9. The van der Waals surface area contributed by atoms with Gasteiger partial charge in [-0.25, -0.2) is 5.06 Å². The smallest absolute Gasteiger partial charge is 0.272 e. The van der Waals surface area contributed by atoms with E-state index in [9.17, 15) is 15.3 Å². The number of nitrogens with zero attached hydrogens (tertiary/aromatic N) is 3. The van der Waals surface area contributed by atoms with E-state index in [4.69, 9.17) is 17.5 Å². The molecular weight excluding hydrogens is 546 g/mol. The van der Waals surface area contributed by atoms with Gasteiger partial charge in [-0.15, -0.1) is 0 Å².